The van der Waals surface area contributed by atoms with E-state index in [0.717, 1.165) is 38.0 Å². The summed E-state index contributed by atoms with van der Waals surface area (Å²) in [5.74, 6) is -0.598. The summed E-state index contributed by atoms with van der Waals surface area (Å²) in [4.78, 5) is 28.8. The second-order valence-electron chi connectivity index (χ2n) is 6.78. The van der Waals surface area contributed by atoms with Crippen molar-refractivity contribution in [3.8, 4) is 0 Å². The first-order valence-corrected chi connectivity index (χ1v) is 8.59. The third kappa shape index (κ3) is 2.93. The average molecular weight is 339 g/mol. The largest absolute Gasteiger partial charge is 0.472 e. The van der Waals surface area contributed by atoms with Gasteiger partial charge in [0, 0.05) is 37.8 Å². The number of hydrogen-bond acceptors (Lipinski definition) is 4. The normalized spacial score (nSPS) is 18.6. The molecule has 0 spiro atoms. The van der Waals surface area contributed by atoms with Gasteiger partial charge in [-0.15, -0.1) is 0 Å². The van der Waals surface area contributed by atoms with Gasteiger partial charge in [0.05, 0.1) is 23.7 Å². The van der Waals surface area contributed by atoms with Crippen LogP contribution in [0.2, 0.25) is 0 Å². The molecule has 1 aromatic carbocycles. The molecule has 1 saturated heterocycles. The molecule has 2 aromatic rings. The molecule has 1 aromatic heterocycles. The number of nitrogens with zero attached hydrogens (tertiary/aromatic N) is 2. The SMILES string of the molecule is NC(=O)c1cccc2c1C(=O)N(C1CCN(Cc3ccoc3)CC1)C2. The van der Waals surface area contributed by atoms with Gasteiger partial charge in [0.1, 0.15) is 0 Å². The van der Waals surface area contributed by atoms with Gasteiger partial charge < -0.3 is 15.1 Å². The summed E-state index contributed by atoms with van der Waals surface area (Å²) in [6.07, 6.45) is 5.34. The molecule has 6 heteroatoms. The van der Waals surface area contributed by atoms with Crippen molar-refractivity contribution in [3.05, 3.63) is 59.0 Å². The number of carbonyl (C=O) groups is 2. The van der Waals surface area contributed by atoms with Gasteiger partial charge in [-0.05, 0) is 30.5 Å². The Morgan fingerprint density at radius 3 is 2.72 bits per heavy atom. The molecule has 2 amide bonds. The molecular weight excluding hydrogens is 318 g/mol. The predicted molar refractivity (Wildman–Crippen MR) is 91.8 cm³/mol. The summed E-state index contributed by atoms with van der Waals surface area (Å²) in [6.45, 7) is 3.34. The van der Waals surface area contributed by atoms with Gasteiger partial charge in [-0.25, -0.2) is 0 Å². The Hall–Kier alpha value is -2.60. The van der Waals surface area contributed by atoms with Crippen molar-refractivity contribution < 1.29 is 14.0 Å². The molecule has 0 unspecified atom stereocenters. The van der Waals surface area contributed by atoms with Crippen LogP contribution in [0.15, 0.2) is 41.2 Å². The molecule has 25 heavy (non-hydrogen) atoms. The Bertz CT molecular complexity index is 792. The molecule has 0 atom stereocenters. The van der Waals surface area contributed by atoms with Crippen molar-refractivity contribution in [1.82, 2.24) is 9.80 Å². The minimum atomic E-state index is -0.540. The number of likely N-dealkylation sites (tertiary alicyclic amines) is 1. The van der Waals surface area contributed by atoms with Crippen molar-refractivity contribution in [2.45, 2.75) is 32.0 Å². The zero-order valence-corrected chi connectivity index (χ0v) is 14.0. The number of benzene rings is 1. The van der Waals surface area contributed by atoms with Crippen molar-refractivity contribution in [2.24, 2.45) is 5.73 Å². The van der Waals surface area contributed by atoms with Crippen molar-refractivity contribution >= 4 is 11.8 Å². The number of rotatable bonds is 4. The van der Waals surface area contributed by atoms with Gasteiger partial charge in [-0.2, -0.15) is 0 Å². The van der Waals surface area contributed by atoms with E-state index in [1.54, 1.807) is 24.7 Å². The topological polar surface area (TPSA) is 79.8 Å². The Kier molecular flexibility index (Phi) is 4.05. The van der Waals surface area contributed by atoms with Crippen LogP contribution in [0.5, 0.6) is 0 Å². The number of primary amides is 1. The number of carbonyl (C=O) groups excluding carboxylic acids is 2. The fourth-order valence-corrected chi connectivity index (χ4v) is 3.91. The lowest BCUT2D eigenvalue weighted by Crippen LogP contribution is -2.44. The maximum atomic E-state index is 12.9. The Labute approximate surface area is 146 Å². The van der Waals surface area contributed by atoms with Crippen molar-refractivity contribution in [2.75, 3.05) is 13.1 Å². The number of amides is 2. The lowest BCUT2D eigenvalue weighted by Gasteiger charge is -2.36. The standard InChI is InChI=1S/C19H21N3O3/c20-18(23)16-3-1-2-14-11-22(19(24)17(14)16)15-4-7-21(8-5-15)10-13-6-9-25-12-13/h1-3,6,9,12,15H,4-5,7-8,10-11H2,(H2,20,23). The fourth-order valence-electron chi connectivity index (χ4n) is 3.91. The van der Waals surface area contributed by atoms with E-state index in [9.17, 15) is 9.59 Å². The van der Waals surface area contributed by atoms with Gasteiger partial charge in [-0.1, -0.05) is 12.1 Å². The molecule has 0 radical (unpaired) electrons. The molecule has 130 valence electrons. The first-order chi connectivity index (χ1) is 12.1. The van der Waals surface area contributed by atoms with E-state index in [1.165, 1.54) is 5.56 Å². The highest BCUT2D eigenvalue weighted by Gasteiger charge is 2.36. The number of hydrogen-bond donors (Lipinski definition) is 1. The molecule has 6 nitrogen and oxygen atoms in total. The van der Waals surface area contributed by atoms with E-state index < -0.39 is 5.91 Å². The van der Waals surface area contributed by atoms with Crippen LogP contribution < -0.4 is 5.73 Å². The van der Waals surface area contributed by atoms with E-state index in [2.05, 4.69) is 4.90 Å². The Morgan fingerprint density at radius 1 is 1.24 bits per heavy atom. The monoisotopic (exact) mass is 339 g/mol. The van der Waals surface area contributed by atoms with Gasteiger partial charge in [0.25, 0.3) is 5.91 Å². The van der Waals surface area contributed by atoms with Crippen LogP contribution in [0, 0.1) is 0 Å². The molecule has 2 N–H and O–H groups in total. The first-order valence-electron chi connectivity index (χ1n) is 8.59. The highest BCUT2D eigenvalue weighted by Crippen LogP contribution is 2.30. The maximum absolute atomic E-state index is 12.9. The molecule has 3 heterocycles. The van der Waals surface area contributed by atoms with E-state index in [1.807, 2.05) is 17.0 Å². The average Bonchev–Trinajstić information content (AvgIpc) is 3.24. The van der Waals surface area contributed by atoms with Crippen LogP contribution >= 0.6 is 0 Å². The third-order valence-corrected chi connectivity index (χ3v) is 5.22. The Balaban J connectivity index is 1.43. The summed E-state index contributed by atoms with van der Waals surface area (Å²) in [7, 11) is 0. The highest BCUT2D eigenvalue weighted by atomic mass is 16.3. The van der Waals surface area contributed by atoms with Gasteiger partial charge in [0.15, 0.2) is 0 Å². The molecule has 2 aliphatic heterocycles. The molecular formula is C19H21N3O3. The highest BCUT2D eigenvalue weighted by molar-refractivity contribution is 6.09. The predicted octanol–water partition coefficient (Wildman–Crippen LogP) is 2.00. The second-order valence-corrected chi connectivity index (χ2v) is 6.78. The number of fused-ring (bicyclic) bond motifs is 1. The van der Waals surface area contributed by atoms with Gasteiger partial charge >= 0.3 is 0 Å². The van der Waals surface area contributed by atoms with Crippen LogP contribution in [0.1, 0.15) is 44.7 Å². The molecule has 0 bridgehead atoms. The van der Waals surface area contributed by atoms with Crippen LogP contribution in [0.3, 0.4) is 0 Å². The molecule has 0 aliphatic carbocycles. The summed E-state index contributed by atoms with van der Waals surface area (Å²) < 4.78 is 5.12. The van der Waals surface area contributed by atoms with Gasteiger partial charge in [-0.3, -0.25) is 14.5 Å². The molecule has 0 saturated carbocycles. The smallest absolute Gasteiger partial charge is 0.255 e. The molecule has 4 rings (SSSR count). The summed E-state index contributed by atoms with van der Waals surface area (Å²) in [5, 5.41) is 0. The quantitative estimate of drug-likeness (QED) is 0.924. The number of piperidine rings is 1. The summed E-state index contributed by atoms with van der Waals surface area (Å²) in [6, 6.07) is 7.53. The second kappa shape index (κ2) is 6.37. The zero-order chi connectivity index (χ0) is 17.4. The lowest BCUT2D eigenvalue weighted by molar-refractivity contribution is 0.0588. The Morgan fingerprint density at radius 2 is 2.04 bits per heavy atom. The van der Waals surface area contributed by atoms with E-state index in [-0.39, 0.29) is 11.9 Å². The molecule has 2 aliphatic rings. The van der Waals surface area contributed by atoms with E-state index in [0.29, 0.717) is 17.7 Å². The van der Waals surface area contributed by atoms with E-state index >= 15 is 0 Å². The van der Waals surface area contributed by atoms with Crippen LogP contribution in [-0.2, 0) is 13.1 Å². The number of nitrogens with two attached hydrogens (primary N) is 1. The lowest BCUT2D eigenvalue weighted by atomic mass is 10.0. The van der Waals surface area contributed by atoms with E-state index in [4.69, 9.17) is 10.2 Å². The first kappa shape index (κ1) is 15.9. The van der Waals surface area contributed by atoms with Crippen LogP contribution in [0.25, 0.3) is 0 Å². The number of furan rings is 1. The van der Waals surface area contributed by atoms with Crippen LogP contribution in [0.4, 0.5) is 0 Å². The van der Waals surface area contributed by atoms with Gasteiger partial charge in [0.2, 0.25) is 5.91 Å². The van der Waals surface area contributed by atoms with Crippen molar-refractivity contribution in [3.63, 3.8) is 0 Å². The van der Waals surface area contributed by atoms with Crippen LogP contribution in [-0.4, -0.2) is 40.7 Å². The minimum Gasteiger partial charge on any atom is -0.472 e. The minimum absolute atomic E-state index is 0.0577. The summed E-state index contributed by atoms with van der Waals surface area (Å²) >= 11 is 0. The zero-order valence-electron chi connectivity index (χ0n) is 14.0. The fraction of sp³-hybridized carbons (Fsp3) is 0.368. The third-order valence-electron chi connectivity index (χ3n) is 5.22. The molecule has 1 fully saturated rings. The maximum Gasteiger partial charge on any atom is 0.255 e. The summed E-state index contributed by atoms with van der Waals surface area (Å²) in [5.41, 5.74) is 8.34. The van der Waals surface area contributed by atoms with Crippen molar-refractivity contribution in [1.29, 1.82) is 0 Å².